The minimum absolute atomic E-state index is 0.121. The van der Waals surface area contributed by atoms with Gasteiger partial charge < -0.3 is 0 Å². The average Bonchev–Trinajstić information content (AvgIpc) is 2.45. The van der Waals surface area contributed by atoms with Gasteiger partial charge in [-0.25, -0.2) is 0 Å². The van der Waals surface area contributed by atoms with E-state index in [9.17, 15) is 4.79 Å². The first-order chi connectivity index (χ1) is 10.0. The van der Waals surface area contributed by atoms with E-state index >= 15 is 0 Å². The molecule has 108 valence electrons. The Morgan fingerprint density at radius 1 is 1.10 bits per heavy atom. The lowest BCUT2D eigenvalue weighted by atomic mass is 10.3. The quantitative estimate of drug-likeness (QED) is 0.365. The number of Topliss-reactive ketones (excluding diaryl/α,β-unsaturated/α-hetero) is 1. The van der Waals surface area contributed by atoms with Crippen molar-refractivity contribution in [2.75, 3.05) is 5.43 Å². The number of nitrogens with zero attached hydrogens (tertiary/aromatic N) is 1. The number of thioether (sulfide) groups is 1. The highest BCUT2D eigenvalue weighted by molar-refractivity contribution is 8.15. The number of hydrazone groups is 1. The van der Waals surface area contributed by atoms with Crippen LogP contribution in [-0.4, -0.2) is 10.8 Å². The molecule has 3 nitrogen and oxygen atoms in total. The molecule has 2 aromatic carbocycles. The van der Waals surface area contributed by atoms with Crippen LogP contribution in [0.3, 0.4) is 0 Å². The second-order valence-electron chi connectivity index (χ2n) is 4.15. The number of halogens is 2. The van der Waals surface area contributed by atoms with Crippen molar-refractivity contribution < 1.29 is 4.79 Å². The third-order valence-corrected chi connectivity index (χ3v) is 4.01. The van der Waals surface area contributed by atoms with E-state index in [2.05, 4.69) is 10.5 Å². The standard InChI is InChI=1S/C15H12Cl2N2OS/c1-10(20)15(21-14-7-5-11(16)6-8-14)19-18-13-4-2-3-12(17)9-13/h2-9,18H,1H3/b19-15+. The van der Waals surface area contributed by atoms with Crippen LogP contribution in [0.15, 0.2) is 58.5 Å². The molecule has 0 saturated heterocycles. The summed E-state index contributed by atoms with van der Waals surface area (Å²) >= 11 is 13.0. The summed E-state index contributed by atoms with van der Waals surface area (Å²) in [5.74, 6) is -0.121. The summed E-state index contributed by atoms with van der Waals surface area (Å²) in [5.41, 5.74) is 3.55. The van der Waals surface area contributed by atoms with Crippen molar-refractivity contribution in [2.24, 2.45) is 5.10 Å². The SMILES string of the molecule is CC(=O)/C(=N\Nc1cccc(Cl)c1)Sc1ccc(Cl)cc1. The maximum absolute atomic E-state index is 11.7. The summed E-state index contributed by atoms with van der Waals surface area (Å²) in [7, 11) is 0. The topological polar surface area (TPSA) is 41.5 Å². The lowest BCUT2D eigenvalue weighted by molar-refractivity contribution is -0.110. The Morgan fingerprint density at radius 3 is 2.43 bits per heavy atom. The first kappa shape index (κ1) is 15.9. The number of nitrogens with one attached hydrogen (secondary N) is 1. The largest absolute Gasteiger partial charge is 0.292 e. The Hall–Kier alpha value is -1.49. The molecule has 2 aromatic rings. The highest BCUT2D eigenvalue weighted by Gasteiger charge is 2.09. The molecule has 21 heavy (non-hydrogen) atoms. The Balaban J connectivity index is 2.13. The van der Waals surface area contributed by atoms with Crippen LogP contribution in [0.25, 0.3) is 0 Å². The Bertz CT molecular complexity index is 672. The maximum atomic E-state index is 11.7. The van der Waals surface area contributed by atoms with E-state index in [4.69, 9.17) is 23.2 Å². The predicted octanol–water partition coefficient (Wildman–Crippen LogP) is 5.10. The molecule has 0 aliphatic heterocycles. The second kappa shape index (κ2) is 7.50. The molecule has 0 aliphatic carbocycles. The van der Waals surface area contributed by atoms with Gasteiger partial charge in [-0.3, -0.25) is 10.2 Å². The van der Waals surface area contributed by atoms with Crippen molar-refractivity contribution in [3.05, 3.63) is 58.6 Å². The smallest absolute Gasteiger partial charge is 0.186 e. The van der Waals surface area contributed by atoms with Gasteiger partial charge in [0.1, 0.15) is 0 Å². The molecule has 0 radical (unpaired) electrons. The van der Waals surface area contributed by atoms with E-state index in [0.29, 0.717) is 15.1 Å². The number of carbonyl (C=O) groups is 1. The first-order valence-electron chi connectivity index (χ1n) is 6.08. The van der Waals surface area contributed by atoms with Gasteiger partial charge in [-0.2, -0.15) is 5.10 Å². The third kappa shape index (κ3) is 5.08. The van der Waals surface area contributed by atoms with E-state index in [-0.39, 0.29) is 5.78 Å². The van der Waals surface area contributed by atoms with E-state index < -0.39 is 0 Å². The molecule has 0 saturated carbocycles. The van der Waals surface area contributed by atoms with Gasteiger partial charge in [0.25, 0.3) is 0 Å². The highest BCUT2D eigenvalue weighted by Crippen LogP contribution is 2.23. The molecule has 0 heterocycles. The van der Waals surface area contributed by atoms with Gasteiger partial charge in [-0.15, -0.1) is 0 Å². The van der Waals surface area contributed by atoms with Crippen molar-refractivity contribution in [2.45, 2.75) is 11.8 Å². The average molecular weight is 339 g/mol. The van der Waals surface area contributed by atoms with Crippen LogP contribution in [0, 0.1) is 0 Å². The van der Waals surface area contributed by atoms with Crippen LogP contribution in [0.2, 0.25) is 10.0 Å². The second-order valence-corrected chi connectivity index (χ2v) is 6.09. The number of rotatable bonds is 4. The summed E-state index contributed by atoms with van der Waals surface area (Å²) in [6, 6.07) is 14.3. The van der Waals surface area contributed by atoms with Crippen LogP contribution in [0.5, 0.6) is 0 Å². The van der Waals surface area contributed by atoms with Crippen molar-refractivity contribution in [1.29, 1.82) is 0 Å². The molecule has 0 amide bonds. The third-order valence-electron chi connectivity index (χ3n) is 2.44. The number of benzene rings is 2. The summed E-state index contributed by atoms with van der Waals surface area (Å²) in [6.07, 6.45) is 0. The van der Waals surface area contributed by atoms with Gasteiger partial charge in [-0.1, -0.05) is 41.0 Å². The normalized spacial score (nSPS) is 11.3. The summed E-state index contributed by atoms with van der Waals surface area (Å²) in [4.78, 5) is 12.5. The molecule has 0 atom stereocenters. The molecule has 0 fully saturated rings. The van der Waals surface area contributed by atoms with Gasteiger partial charge in [0.2, 0.25) is 0 Å². The minimum atomic E-state index is -0.121. The monoisotopic (exact) mass is 338 g/mol. The van der Waals surface area contributed by atoms with E-state index in [1.54, 1.807) is 30.3 Å². The van der Waals surface area contributed by atoms with Crippen molar-refractivity contribution >= 4 is 51.5 Å². The van der Waals surface area contributed by atoms with Gasteiger partial charge >= 0.3 is 0 Å². The first-order valence-corrected chi connectivity index (χ1v) is 7.65. The van der Waals surface area contributed by atoms with Crippen LogP contribution in [-0.2, 0) is 4.79 Å². The van der Waals surface area contributed by atoms with Gasteiger partial charge in [0.05, 0.1) is 5.69 Å². The van der Waals surface area contributed by atoms with E-state index in [1.165, 1.54) is 18.7 Å². The lowest BCUT2D eigenvalue weighted by Crippen LogP contribution is -2.08. The minimum Gasteiger partial charge on any atom is -0.292 e. The summed E-state index contributed by atoms with van der Waals surface area (Å²) < 4.78 is 0. The number of carbonyl (C=O) groups excluding carboxylic acids is 1. The zero-order valence-electron chi connectivity index (χ0n) is 11.1. The molecule has 0 aliphatic rings. The maximum Gasteiger partial charge on any atom is 0.186 e. The van der Waals surface area contributed by atoms with Gasteiger partial charge in [-0.05, 0) is 42.5 Å². The fraction of sp³-hybridized carbons (Fsp3) is 0.0667. The molecule has 0 unspecified atom stereocenters. The molecule has 6 heteroatoms. The number of ketones is 1. The van der Waals surface area contributed by atoms with Gasteiger partial charge in [0, 0.05) is 21.9 Å². The van der Waals surface area contributed by atoms with Crippen molar-refractivity contribution in [1.82, 2.24) is 0 Å². The number of anilines is 1. The predicted molar refractivity (Wildman–Crippen MR) is 90.5 cm³/mol. The van der Waals surface area contributed by atoms with E-state index in [1.807, 2.05) is 18.2 Å². The molecular weight excluding hydrogens is 327 g/mol. The lowest BCUT2D eigenvalue weighted by Gasteiger charge is -2.05. The van der Waals surface area contributed by atoms with Crippen molar-refractivity contribution in [3.63, 3.8) is 0 Å². The number of hydrogen-bond donors (Lipinski definition) is 1. The molecule has 0 bridgehead atoms. The number of hydrogen-bond acceptors (Lipinski definition) is 4. The van der Waals surface area contributed by atoms with Crippen LogP contribution in [0.4, 0.5) is 5.69 Å². The fourth-order valence-electron chi connectivity index (χ4n) is 1.46. The van der Waals surface area contributed by atoms with Gasteiger partial charge in [0.15, 0.2) is 10.8 Å². The molecule has 0 aromatic heterocycles. The molecule has 0 spiro atoms. The Kier molecular flexibility index (Phi) is 5.67. The van der Waals surface area contributed by atoms with Crippen LogP contribution >= 0.6 is 35.0 Å². The zero-order chi connectivity index (χ0) is 15.2. The fourth-order valence-corrected chi connectivity index (χ4v) is 2.51. The Morgan fingerprint density at radius 2 is 1.81 bits per heavy atom. The summed E-state index contributed by atoms with van der Waals surface area (Å²) in [5, 5.41) is 5.75. The van der Waals surface area contributed by atoms with E-state index in [0.717, 1.165) is 10.6 Å². The highest BCUT2D eigenvalue weighted by atomic mass is 35.5. The zero-order valence-corrected chi connectivity index (χ0v) is 13.5. The van der Waals surface area contributed by atoms with Crippen LogP contribution < -0.4 is 5.43 Å². The van der Waals surface area contributed by atoms with Crippen LogP contribution in [0.1, 0.15) is 6.92 Å². The van der Waals surface area contributed by atoms with Crippen molar-refractivity contribution in [3.8, 4) is 0 Å². The molecule has 2 rings (SSSR count). The Labute approximate surface area is 137 Å². The summed E-state index contributed by atoms with van der Waals surface area (Å²) in [6.45, 7) is 1.47. The molecule has 1 N–H and O–H groups in total. The molecular formula is C15H12Cl2N2OS.